The van der Waals surface area contributed by atoms with E-state index in [1.165, 1.54) is 12.0 Å². The zero-order valence-corrected chi connectivity index (χ0v) is 16.2. The standard InChI is InChI=1S/C20H19ClN2O5/c1-23-15-9-12(3-6-18(15)28-11-20(23)26)16(24)5-8-19(25)22-13-4-7-17(27-2)14(21)10-13/h3-4,6-7,9-10H,5,8,11H2,1-2H3,(H,22,25). The van der Waals surface area contributed by atoms with E-state index in [-0.39, 0.29) is 37.0 Å². The molecule has 0 aliphatic carbocycles. The maximum atomic E-state index is 12.5. The molecule has 2 aromatic carbocycles. The summed E-state index contributed by atoms with van der Waals surface area (Å²) < 4.78 is 10.4. The van der Waals surface area contributed by atoms with Gasteiger partial charge in [0.1, 0.15) is 11.5 Å². The second-order valence-electron chi connectivity index (χ2n) is 6.24. The van der Waals surface area contributed by atoms with Gasteiger partial charge in [-0.25, -0.2) is 0 Å². The van der Waals surface area contributed by atoms with Gasteiger partial charge in [-0.1, -0.05) is 11.6 Å². The average Bonchev–Trinajstić information content (AvgIpc) is 2.69. The molecule has 0 saturated carbocycles. The lowest BCUT2D eigenvalue weighted by atomic mass is 10.0. The molecule has 2 amide bonds. The van der Waals surface area contributed by atoms with Crippen molar-refractivity contribution in [3.63, 3.8) is 0 Å². The van der Waals surface area contributed by atoms with Crippen molar-refractivity contribution < 1.29 is 23.9 Å². The van der Waals surface area contributed by atoms with Crippen molar-refractivity contribution in [2.24, 2.45) is 0 Å². The SMILES string of the molecule is COc1ccc(NC(=O)CCC(=O)c2ccc3c(c2)N(C)C(=O)CO3)cc1Cl. The first kappa shape index (κ1) is 19.7. The fourth-order valence-corrected chi connectivity index (χ4v) is 3.04. The van der Waals surface area contributed by atoms with Gasteiger partial charge in [-0.3, -0.25) is 14.4 Å². The Labute approximate surface area is 167 Å². The molecule has 0 fully saturated rings. The molecule has 0 bridgehead atoms. The van der Waals surface area contributed by atoms with E-state index in [2.05, 4.69) is 5.32 Å². The first-order valence-electron chi connectivity index (χ1n) is 8.59. The van der Waals surface area contributed by atoms with Gasteiger partial charge < -0.3 is 19.7 Å². The van der Waals surface area contributed by atoms with E-state index in [0.29, 0.717) is 33.5 Å². The molecule has 1 aliphatic heterocycles. The maximum absolute atomic E-state index is 12.5. The Morgan fingerprint density at radius 2 is 2.00 bits per heavy atom. The molecule has 2 aromatic rings. The maximum Gasteiger partial charge on any atom is 0.264 e. The Kier molecular flexibility index (Phi) is 5.84. The van der Waals surface area contributed by atoms with Crippen LogP contribution in [0.5, 0.6) is 11.5 Å². The van der Waals surface area contributed by atoms with Crippen molar-refractivity contribution in [2.45, 2.75) is 12.8 Å². The third-order valence-corrected chi connectivity index (χ3v) is 4.68. The number of fused-ring (bicyclic) bond motifs is 1. The second kappa shape index (κ2) is 8.31. The number of nitrogens with zero attached hydrogens (tertiary/aromatic N) is 1. The minimum Gasteiger partial charge on any atom is -0.495 e. The lowest BCUT2D eigenvalue weighted by Gasteiger charge is -2.26. The zero-order valence-electron chi connectivity index (χ0n) is 15.5. The van der Waals surface area contributed by atoms with Crippen LogP contribution in [0.25, 0.3) is 0 Å². The number of amides is 2. The number of hydrogen-bond donors (Lipinski definition) is 1. The number of nitrogens with one attached hydrogen (secondary N) is 1. The van der Waals surface area contributed by atoms with E-state index in [0.717, 1.165) is 0 Å². The summed E-state index contributed by atoms with van der Waals surface area (Å²) in [6.45, 7) is -0.0215. The van der Waals surface area contributed by atoms with Crippen LogP contribution in [-0.4, -0.2) is 38.4 Å². The molecule has 1 aliphatic rings. The van der Waals surface area contributed by atoms with Gasteiger partial charge in [-0.15, -0.1) is 0 Å². The van der Waals surface area contributed by atoms with Crippen LogP contribution >= 0.6 is 11.6 Å². The predicted molar refractivity (Wildman–Crippen MR) is 106 cm³/mol. The highest BCUT2D eigenvalue weighted by Crippen LogP contribution is 2.32. The first-order chi connectivity index (χ1) is 13.4. The highest BCUT2D eigenvalue weighted by Gasteiger charge is 2.23. The number of hydrogen-bond acceptors (Lipinski definition) is 5. The van der Waals surface area contributed by atoms with Crippen LogP contribution in [0.4, 0.5) is 11.4 Å². The third-order valence-electron chi connectivity index (χ3n) is 4.38. The lowest BCUT2D eigenvalue weighted by molar-refractivity contribution is -0.121. The minimum absolute atomic E-state index is 0.0187. The number of benzene rings is 2. The number of Topliss-reactive ketones (excluding diaryl/α,β-unsaturated/α-hetero) is 1. The number of rotatable bonds is 6. The molecule has 0 unspecified atom stereocenters. The molecule has 0 radical (unpaired) electrons. The molecule has 3 rings (SSSR count). The smallest absolute Gasteiger partial charge is 0.264 e. The van der Waals surface area contributed by atoms with Crippen molar-refractivity contribution in [3.05, 3.63) is 47.0 Å². The number of likely N-dealkylation sites (N-methyl/N-ethyl adjacent to an activating group) is 1. The first-order valence-corrected chi connectivity index (χ1v) is 8.97. The Morgan fingerprint density at radius 3 is 2.71 bits per heavy atom. The number of ether oxygens (including phenoxy) is 2. The number of halogens is 1. The molecule has 1 heterocycles. The molecule has 0 atom stereocenters. The van der Waals surface area contributed by atoms with Crippen LogP contribution in [0.2, 0.25) is 5.02 Å². The summed E-state index contributed by atoms with van der Waals surface area (Å²) in [5.74, 6) is 0.373. The molecule has 0 spiro atoms. The van der Waals surface area contributed by atoms with E-state index >= 15 is 0 Å². The lowest BCUT2D eigenvalue weighted by Crippen LogP contribution is -2.35. The van der Waals surface area contributed by atoms with Gasteiger partial charge in [0.25, 0.3) is 5.91 Å². The number of ketones is 1. The summed E-state index contributed by atoms with van der Waals surface area (Å²) >= 11 is 6.03. The molecule has 146 valence electrons. The Hall–Kier alpha value is -3.06. The third kappa shape index (κ3) is 4.26. The van der Waals surface area contributed by atoms with Crippen molar-refractivity contribution in [1.29, 1.82) is 0 Å². The second-order valence-corrected chi connectivity index (χ2v) is 6.65. The van der Waals surface area contributed by atoms with Crippen LogP contribution in [0.3, 0.4) is 0 Å². The summed E-state index contributed by atoms with van der Waals surface area (Å²) in [4.78, 5) is 37.8. The summed E-state index contributed by atoms with van der Waals surface area (Å²) in [7, 11) is 3.14. The van der Waals surface area contributed by atoms with Crippen LogP contribution in [-0.2, 0) is 9.59 Å². The molecule has 7 nitrogen and oxygen atoms in total. The summed E-state index contributed by atoms with van der Waals surface area (Å²) in [5, 5.41) is 3.08. The molecular formula is C20H19ClN2O5. The molecule has 28 heavy (non-hydrogen) atoms. The molecule has 8 heteroatoms. The number of carbonyl (C=O) groups excluding carboxylic acids is 3. The Bertz CT molecular complexity index is 944. The summed E-state index contributed by atoms with van der Waals surface area (Å²) in [6.07, 6.45) is 0.0534. The van der Waals surface area contributed by atoms with Gasteiger partial charge in [0.2, 0.25) is 5.91 Å². The number of carbonyl (C=O) groups is 3. The Morgan fingerprint density at radius 1 is 1.21 bits per heavy atom. The highest BCUT2D eigenvalue weighted by molar-refractivity contribution is 6.32. The zero-order chi connectivity index (χ0) is 20.3. The molecule has 1 N–H and O–H groups in total. The largest absolute Gasteiger partial charge is 0.495 e. The Balaban J connectivity index is 1.60. The average molecular weight is 403 g/mol. The van der Waals surface area contributed by atoms with E-state index in [1.807, 2.05) is 0 Å². The van der Waals surface area contributed by atoms with Gasteiger partial charge in [0, 0.05) is 31.1 Å². The van der Waals surface area contributed by atoms with Crippen LogP contribution in [0.1, 0.15) is 23.2 Å². The van der Waals surface area contributed by atoms with Gasteiger partial charge in [-0.05, 0) is 36.4 Å². The minimum atomic E-state index is -0.303. The fourth-order valence-electron chi connectivity index (χ4n) is 2.78. The quantitative estimate of drug-likeness (QED) is 0.749. The van der Waals surface area contributed by atoms with Crippen molar-refractivity contribution in [1.82, 2.24) is 0 Å². The predicted octanol–water partition coefficient (Wildman–Crippen LogP) is 3.31. The van der Waals surface area contributed by atoms with E-state index in [4.69, 9.17) is 21.1 Å². The van der Waals surface area contributed by atoms with Crippen molar-refractivity contribution >= 4 is 40.6 Å². The van der Waals surface area contributed by atoms with Crippen molar-refractivity contribution in [3.8, 4) is 11.5 Å². The molecular weight excluding hydrogens is 384 g/mol. The van der Waals surface area contributed by atoms with E-state index in [9.17, 15) is 14.4 Å². The fraction of sp³-hybridized carbons (Fsp3) is 0.250. The number of anilines is 2. The van der Waals surface area contributed by atoms with E-state index < -0.39 is 0 Å². The topological polar surface area (TPSA) is 84.9 Å². The summed E-state index contributed by atoms with van der Waals surface area (Å²) in [6, 6.07) is 9.79. The monoisotopic (exact) mass is 402 g/mol. The van der Waals surface area contributed by atoms with Crippen LogP contribution in [0, 0.1) is 0 Å². The van der Waals surface area contributed by atoms with Gasteiger partial charge >= 0.3 is 0 Å². The highest BCUT2D eigenvalue weighted by atomic mass is 35.5. The molecule has 0 aromatic heterocycles. The van der Waals surface area contributed by atoms with Gasteiger partial charge in [0.15, 0.2) is 12.4 Å². The van der Waals surface area contributed by atoms with Crippen molar-refractivity contribution in [2.75, 3.05) is 31.0 Å². The van der Waals surface area contributed by atoms with E-state index in [1.54, 1.807) is 43.4 Å². The number of methoxy groups -OCH3 is 1. The molecule has 0 saturated heterocycles. The van der Waals surface area contributed by atoms with Gasteiger partial charge in [0.05, 0.1) is 17.8 Å². The summed E-state index contributed by atoms with van der Waals surface area (Å²) in [5.41, 5.74) is 1.48. The normalized spacial score (nSPS) is 12.8. The van der Waals surface area contributed by atoms with Crippen LogP contribution < -0.4 is 19.7 Å². The van der Waals surface area contributed by atoms with Crippen LogP contribution in [0.15, 0.2) is 36.4 Å². The van der Waals surface area contributed by atoms with Gasteiger partial charge in [-0.2, -0.15) is 0 Å².